The van der Waals surface area contributed by atoms with Crippen molar-refractivity contribution in [1.82, 2.24) is 4.57 Å². The number of thiazole rings is 1. The Morgan fingerprint density at radius 1 is 1.35 bits per heavy atom. The number of para-hydroxylation sites is 1. The first-order valence-electron chi connectivity index (χ1n) is 6.55. The standard InChI is InChI=1S/C15H18N2O2S/c1-11-14(12(2)19)20-15(17(11)9-6-10-18)16-13-7-4-3-5-8-13/h3-5,7-8,18H,6,9-10H2,1-2H3. The average Bonchev–Trinajstić information content (AvgIpc) is 2.74. The second kappa shape index (κ2) is 6.63. The predicted octanol–water partition coefficient (Wildman–Crippen LogP) is 2.68. The Balaban J connectivity index is 2.53. The van der Waals surface area contributed by atoms with Gasteiger partial charge in [-0.2, -0.15) is 0 Å². The van der Waals surface area contributed by atoms with Crippen molar-refractivity contribution in [2.45, 2.75) is 26.8 Å². The molecular formula is C15H18N2O2S. The van der Waals surface area contributed by atoms with E-state index in [2.05, 4.69) is 4.99 Å². The van der Waals surface area contributed by atoms with Gasteiger partial charge in [-0.05, 0) is 25.5 Å². The van der Waals surface area contributed by atoms with Crippen molar-refractivity contribution in [3.05, 3.63) is 45.7 Å². The van der Waals surface area contributed by atoms with Crippen molar-refractivity contribution in [3.8, 4) is 0 Å². The molecule has 0 aliphatic rings. The molecule has 2 aromatic rings. The molecule has 0 fully saturated rings. The van der Waals surface area contributed by atoms with Crippen LogP contribution in [0.5, 0.6) is 0 Å². The summed E-state index contributed by atoms with van der Waals surface area (Å²) in [6.45, 7) is 4.29. The molecule has 1 N–H and O–H groups in total. The van der Waals surface area contributed by atoms with Crippen molar-refractivity contribution >= 4 is 22.8 Å². The number of hydrogen-bond donors (Lipinski definition) is 1. The molecule has 2 rings (SSSR count). The maximum absolute atomic E-state index is 11.7. The SMILES string of the molecule is CC(=O)c1sc(=Nc2ccccc2)n(CCCO)c1C. The minimum absolute atomic E-state index is 0.0553. The Morgan fingerprint density at radius 3 is 2.65 bits per heavy atom. The smallest absolute Gasteiger partial charge is 0.190 e. The van der Waals surface area contributed by atoms with Crippen LogP contribution >= 0.6 is 11.3 Å². The number of rotatable bonds is 5. The lowest BCUT2D eigenvalue weighted by atomic mass is 10.3. The van der Waals surface area contributed by atoms with Gasteiger partial charge >= 0.3 is 0 Å². The number of Topliss-reactive ketones (excluding diaryl/α,β-unsaturated/α-hetero) is 1. The summed E-state index contributed by atoms with van der Waals surface area (Å²) in [4.78, 5) is 17.8. The van der Waals surface area contributed by atoms with E-state index in [4.69, 9.17) is 5.11 Å². The minimum Gasteiger partial charge on any atom is -0.396 e. The lowest BCUT2D eigenvalue weighted by Crippen LogP contribution is -2.17. The Labute approximate surface area is 122 Å². The lowest BCUT2D eigenvalue weighted by Gasteiger charge is -2.04. The van der Waals surface area contributed by atoms with E-state index >= 15 is 0 Å². The zero-order valence-corrected chi connectivity index (χ0v) is 12.5. The van der Waals surface area contributed by atoms with E-state index < -0.39 is 0 Å². The molecular weight excluding hydrogens is 272 g/mol. The van der Waals surface area contributed by atoms with E-state index in [1.807, 2.05) is 41.8 Å². The molecule has 0 bridgehead atoms. The Morgan fingerprint density at radius 2 is 2.05 bits per heavy atom. The van der Waals surface area contributed by atoms with Crippen LogP contribution in [0.15, 0.2) is 35.3 Å². The Hall–Kier alpha value is -1.72. The highest BCUT2D eigenvalue weighted by molar-refractivity contribution is 7.11. The van der Waals surface area contributed by atoms with Gasteiger partial charge in [0.1, 0.15) is 0 Å². The lowest BCUT2D eigenvalue weighted by molar-refractivity contribution is 0.102. The first-order valence-corrected chi connectivity index (χ1v) is 7.37. The molecule has 5 heteroatoms. The summed E-state index contributed by atoms with van der Waals surface area (Å²) < 4.78 is 2.00. The van der Waals surface area contributed by atoms with E-state index in [0.717, 1.165) is 21.1 Å². The number of aromatic nitrogens is 1. The van der Waals surface area contributed by atoms with Gasteiger partial charge in [0.2, 0.25) is 0 Å². The quantitative estimate of drug-likeness (QED) is 0.861. The highest BCUT2D eigenvalue weighted by Gasteiger charge is 2.13. The van der Waals surface area contributed by atoms with Gasteiger partial charge in [0.25, 0.3) is 0 Å². The zero-order valence-electron chi connectivity index (χ0n) is 11.7. The van der Waals surface area contributed by atoms with Gasteiger partial charge in [-0.25, -0.2) is 4.99 Å². The van der Waals surface area contributed by atoms with E-state index in [9.17, 15) is 4.79 Å². The second-order valence-electron chi connectivity index (χ2n) is 4.53. The maximum atomic E-state index is 11.7. The number of carbonyl (C=O) groups is 1. The van der Waals surface area contributed by atoms with Crippen LogP contribution in [-0.4, -0.2) is 22.1 Å². The minimum atomic E-state index is 0.0553. The fourth-order valence-corrected chi connectivity index (χ4v) is 3.07. The molecule has 0 spiro atoms. The highest BCUT2D eigenvalue weighted by atomic mass is 32.1. The van der Waals surface area contributed by atoms with E-state index in [1.54, 1.807) is 6.92 Å². The maximum Gasteiger partial charge on any atom is 0.190 e. The van der Waals surface area contributed by atoms with Crippen LogP contribution in [0.4, 0.5) is 5.69 Å². The highest BCUT2D eigenvalue weighted by Crippen LogP contribution is 2.15. The van der Waals surface area contributed by atoms with Crippen molar-refractivity contribution in [3.63, 3.8) is 0 Å². The molecule has 4 nitrogen and oxygen atoms in total. The summed E-state index contributed by atoms with van der Waals surface area (Å²) in [5, 5.41) is 9.01. The third-order valence-electron chi connectivity index (χ3n) is 3.00. The van der Waals surface area contributed by atoms with Crippen LogP contribution in [0.25, 0.3) is 0 Å². The van der Waals surface area contributed by atoms with Crippen LogP contribution < -0.4 is 4.80 Å². The van der Waals surface area contributed by atoms with Crippen LogP contribution in [0.2, 0.25) is 0 Å². The van der Waals surface area contributed by atoms with Crippen molar-refractivity contribution in [1.29, 1.82) is 0 Å². The summed E-state index contributed by atoms with van der Waals surface area (Å²) in [7, 11) is 0. The Bertz CT molecular complexity index is 656. The predicted molar refractivity (Wildman–Crippen MR) is 80.4 cm³/mol. The van der Waals surface area contributed by atoms with E-state index in [1.165, 1.54) is 11.3 Å². The molecule has 0 radical (unpaired) electrons. The number of ketones is 1. The molecule has 0 aliphatic heterocycles. The summed E-state index contributed by atoms with van der Waals surface area (Å²) in [5.41, 5.74) is 1.78. The second-order valence-corrected chi connectivity index (χ2v) is 5.51. The third kappa shape index (κ3) is 3.23. The number of aliphatic hydroxyl groups is 1. The number of nitrogens with zero attached hydrogens (tertiary/aromatic N) is 2. The molecule has 20 heavy (non-hydrogen) atoms. The van der Waals surface area contributed by atoms with Crippen molar-refractivity contribution in [2.24, 2.45) is 4.99 Å². The summed E-state index contributed by atoms with van der Waals surface area (Å²) in [5.74, 6) is 0.0553. The molecule has 0 saturated heterocycles. The molecule has 0 atom stereocenters. The normalized spacial score (nSPS) is 11.8. The summed E-state index contributed by atoms with van der Waals surface area (Å²) >= 11 is 1.40. The average molecular weight is 290 g/mol. The number of hydrogen-bond acceptors (Lipinski definition) is 4. The molecule has 1 aromatic carbocycles. The van der Waals surface area contributed by atoms with E-state index in [0.29, 0.717) is 13.0 Å². The summed E-state index contributed by atoms with van der Waals surface area (Å²) in [6, 6.07) is 9.67. The molecule has 0 unspecified atom stereocenters. The van der Waals surface area contributed by atoms with Crippen molar-refractivity contribution in [2.75, 3.05) is 6.61 Å². The number of carbonyl (C=O) groups excluding carboxylic acids is 1. The fraction of sp³-hybridized carbons (Fsp3) is 0.333. The van der Waals surface area contributed by atoms with Gasteiger partial charge in [-0.15, -0.1) is 0 Å². The first kappa shape index (κ1) is 14.7. The molecule has 0 amide bonds. The first-order chi connectivity index (χ1) is 9.63. The topological polar surface area (TPSA) is 54.6 Å². The van der Waals surface area contributed by atoms with Crippen LogP contribution in [0.3, 0.4) is 0 Å². The molecule has 106 valence electrons. The fourth-order valence-electron chi connectivity index (χ4n) is 2.00. The monoisotopic (exact) mass is 290 g/mol. The third-order valence-corrected chi connectivity index (χ3v) is 4.28. The van der Waals surface area contributed by atoms with Gasteiger partial charge in [0.15, 0.2) is 10.6 Å². The van der Waals surface area contributed by atoms with Gasteiger partial charge in [0, 0.05) is 25.8 Å². The van der Waals surface area contributed by atoms with Crippen LogP contribution in [0, 0.1) is 6.92 Å². The van der Waals surface area contributed by atoms with Gasteiger partial charge in [-0.3, -0.25) is 4.79 Å². The molecule has 1 heterocycles. The Kier molecular flexibility index (Phi) is 4.87. The number of benzene rings is 1. The van der Waals surface area contributed by atoms with Crippen molar-refractivity contribution < 1.29 is 9.90 Å². The zero-order chi connectivity index (χ0) is 14.5. The van der Waals surface area contributed by atoms with Gasteiger partial charge < -0.3 is 9.67 Å². The van der Waals surface area contributed by atoms with Gasteiger partial charge in [0.05, 0.1) is 10.6 Å². The molecule has 0 aliphatic carbocycles. The largest absolute Gasteiger partial charge is 0.396 e. The van der Waals surface area contributed by atoms with Gasteiger partial charge in [-0.1, -0.05) is 29.5 Å². The molecule has 0 saturated carbocycles. The van der Waals surface area contributed by atoms with Crippen LogP contribution in [-0.2, 0) is 6.54 Å². The van der Waals surface area contributed by atoms with E-state index in [-0.39, 0.29) is 12.4 Å². The van der Waals surface area contributed by atoms with Crippen LogP contribution in [0.1, 0.15) is 28.7 Å². The number of aliphatic hydroxyl groups excluding tert-OH is 1. The molecule has 1 aromatic heterocycles. The summed E-state index contributed by atoms with van der Waals surface area (Å²) in [6.07, 6.45) is 0.650.